The van der Waals surface area contributed by atoms with E-state index in [4.69, 9.17) is 0 Å². The number of hydrogen-bond donors (Lipinski definition) is 0. The normalized spacial score (nSPS) is 11.7. The molecule has 0 bridgehead atoms. The Morgan fingerprint density at radius 1 is 0.250 bits per heavy atom. The molecular weight excluding hydrogens is 384 g/mol. The van der Waals surface area contributed by atoms with E-state index in [0.29, 0.717) is 0 Å². The van der Waals surface area contributed by atoms with Crippen LogP contribution in [0.5, 0.6) is 0 Å². The minimum absolute atomic E-state index is 1.32. The van der Waals surface area contributed by atoms with Gasteiger partial charge in [-0.05, 0) is 25.7 Å². The zero-order valence-electron chi connectivity index (χ0n) is 23.0. The molecule has 0 saturated carbocycles. The van der Waals surface area contributed by atoms with E-state index in [0.717, 1.165) is 0 Å². The molecule has 0 nitrogen and oxygen atoms in total. The van der Waals surface area contributed by atoms with Gasteiger partial charge in [0, 0.05) is 0 Å². The molecule has 32 heavy (non-hydrogen) atoms. The molecule has 0 heterocycles. The molecule has 0 aromatic carbocycles. The predicted molar refractivity (Wildman–Crippen MR) is 150 cm³/mol. The van der Waals surface area contributed by atoms with Gasteiger partial charge in [-0.15, -0.1) is 0 Å². The maximum atomic E-state index is 2.46. The molecule has 0 N–H and O–H groups in total. The van der Waals surface area contributed by atoms with Crippen molar-refractivity contribution >= 4 is 0 Å². The topological polar surface area (TPSA) is 0 Å². The lowest BCUT2D eigenvalue weighted by Crippen LogP contribution is -1.83. The molecule has 0 unspecified atom stereocenters. The van der Waals surface area contributed by atoms with Gasteiger partial charge in [0.25, 0.3) is 0 Å². The van der Waals surface area contributed by atoms with Crippen molar-refractivity contribution in [1.82, 2.24) is 0 Å². The van der Waals surface area contributed by atoms with Crippen molar-refractivity contribution < 1.29 is 0 Å². The van der Waals surface area contributed by atoms with Gasteiger partial charge in [0.05, 0.1) is 0 Å². The molecule has 0 radical (unpaired) electrons. The van der Waals surface area contributed by atoms with Crippen molar-refractivity contribution in [3.63, 3.8) is 0 Å². The smallest absolute Gasteiger partial charge is 0.0351 e. The number of allylic oxidation sites excluding steroid dienone is 2. The fourth-order valence-corrected chi connectivity index (χ4v) is 4.80. The average molecular weight is 449 g/mol. The molecule has 0 amide bonds. The first-order valence-electron chi connectivity index (χ1n) is 15.6. The van der Waals surface area contributed by atoms with E-state index in [-0.39, 0.29) is 0 Å². The highest BCUT2D eigenvalue weighted by Gasteiger charge is 1.95. The first-order valence-corrected chi connectivity index (χ1v) is 15.6. The molecule has 0 saturated heterocycles. The van der Waals surface area contributed by atoms with Gasteiger partial charge in [-0.3, -0.25) is 0 Å². The number of rotatable bonds is 28. The minimum atomic E-state index is 1.32. The Bertz CT molecular complexity index is 297. The summed E-state index contributed by atoms with van der Waals surface area (Å²) in [5.74, 6) is 0. The highest BCUT2D eigenvalue weighted by atomic mass is 14.0. The molecule has 0 aliphatic carbocycles. The van der Waals surface area contributed by atoms with Crippen LogP contribution >= 0.6 is 0 Å². The van der Waals surface area contributed by atoms with Crippen molar-refractivity contribution in [1.29, 1.82) is 0 Å². The number of unbranched alkanes of at least 4 members (excludes halogenated alkanes) is 26. The molecule has 0 heteroatoms. The zero-order valence-corrected chi connectivity index (χ0v) is 23.0. The van der Waals surface area contributed by atoms with Crippen molar-refractivity contribution in [2.45, 2.75) is 194 Å². The summed E-state index contributed by atoms with van der Waals surface area (Å²) in [7, 11) is 0. The summed E-state index contributed by atoms with van der Waals surface area (Å²) < 4.78 is 0. The molecule has 0 aromatic heterocycles. The van der Waals surface area contributed by atoms with E-state index >= 15 is 0 Å². The van der Waals surface area contributed by atoms with Crippen LogP contribution in [0.1, 0.15) is 194 Å². The standard InChI is InChI=1S/C32H64/c1-3-5-7-9-11-13-15-17-19-21-23-25-27-29-31-32-30-28-26-24-22-20-18-16-14-12-10-8-6-4-2/h31-32H,3-30H2,1-2H3/b32-31-. The van der Waals surface area contributed by atoms with Gasteiger partial charge < -0.3 is 0 Å². The maximum absolute atomic E-state index is 2.46. The largest absolute Gasteiger partial charge is 0.0885 e. The molecule has 192 valence electrons. The summed E-state index contributed by atoms with van der Waals surface area (Å²) in [5.41, 5.74) is 0. The van der Waals surface area contributed by atoms with Crippen molar-refractivity contribution in [2.24, 2.45) is 0 Å². The summed E-state index contributed by atoms with van der Waals surface area (Å²) in [4.78, 5) is 0. The molecular formula is C32H64. The molecule has 0 spiro atoms. The van der Waals surface area contributed by atoms with Crippen LogP contribution in [-0.4, -0.2) is 0 Å². The number of hydrogen-bond acceptors (Lipinski definition) is 0. The Balaban J connectivity index is 3.06. The van der Waals surface area contributed by atoms with Gasteiger partial charge in [0.1, 0.15) is 0 Å². The third kappa shape index (κ3) is 29.7. The Labute approximate surface area is 205 Å². The minimum Gasteiger partial charge on any atom is -0.0885 e. The molecule has 0 aliphatic rings. The van der Waals surface area contributed by atoms with Crippen LogP contribution in [0.2, 0.25) is 0 Å². The van der Waals surface area contributed by atoms with Crippen LogP contribution in [0.4, 0.5) is 0 Å². The Hall–Kier alpha value is -0.260. The first-order chi connectivity index (χ1) is 15.9. The van der Waals surface area contributed by atoms with Crippen LogP contribution in [0.15, 0.2) is 12.2 Å². The molecule has 0 rings (SSSR count). The van der Waals surface area contributed by atoms with E-state index in [2.05, 4.69) is 26.0 Å². The SMILES string of the molecule is CCCCCCCCCCCCCCC/C=C\CCCCCCCCCCCCCCC. The van der Waals surface area contributed by atoms with Crippen LogP contribution < -0.4 is 0 Å². The quantitative estimate of drug-likeness (QED) is 0.0824. The molecule has 0 fully saturated rings. The van der Waals surface area contributed by atoms with Gasteiger partial charge in [0.2, 0.25) is 0 Å². The predicted octanol–water partition coefficient (Wildman–Crippen LogP) is 12.5. The fraction of sp³-hybridized carbons (Fsp3) is 0.938. The fourth-order valence-electron chi connectivity index (χ4n) is 4.80. The van der Waals surface area contributed by atoms with Gasteiger partial charge >= 0.3 is 0 Å². The Morgan fingerprint density at radius 2 is 0.438 bits per heavy atom. The van der Waals surface area contributed by atoms with Crippen molar-refractivity contribution in [3.8, 4) is 0 Å². The van der Waals surface area contributed by atoms with Gasteiger partial charge in [-0.1, -0.05) is 180 Å². The summed E-state index contributed by atoms with van der Waals surface area (Å²) in [6.45, 7) is 4.61. The lowest BCUT2D eigenvalue weighted by molar-refractivity contribution is 0.539. The maximum Gasteiger partial charge on any atom is -0.0351 e. The molecule has 0 aliphatic heterocycles. The molecule has 0 aromatic rings. The highest BCUT2D eigenvalue weighted by molar-refractivity contribution is 4.81. The lowest BCUT2D eigenvalue weighted by atomic mass is 10.0. The Kier molecular flexibility index (Phi) is 30.5. The third-order valence-corrected chi connectivity index (χ3v) is 7.12. The summed E-state index contributed by atoms with van der Waals surface area (Å²) in [6, 6.07) is 0. The second kappa shape index (κ2) is 30.7. The van der Waals surface area contributed by atoms with Crippen molar-refractivity contribution in [2.75, 3.05) is 0 Å². The van der Waals surface area contributed by atoms with Crippen LogP contribution in [0.25, 0.3) is 0 Å². The van der Waals surface area contributed by atoms with E-state index in [1.54, 1.807) is 0 Å². The second-order valence-corrected chi connectivity index (χ2v) is 10.5. The summed E-state index contributed by atoms with van der Waals surface area (Å²) in [6.07, 6.45) is 45.4. The van der Waals surface area contributed by atoms with Gasteiger partial charge in [-0.25, -0.2) is 0 Å². The highest BCUT2D eigenvalue weighted by Crippen LogP contribution is 2.14. The second-order valence-electron chi connectivity index (χ2n) is 10.5. The van der Waals surface area contributed by atoms with E-state index in [1.165, 1.54) is 180 Å². The van der Waals surface area contributed by atoms with Gasteiger partial charge in [0.15, 0.2) is 0 Å². The van der Waals surface area contributed by atoms with Crippen molar-refractivity contribution in [3.05, 3.63) is 12.2 Å². The van der Waals surface area contributed by atoms with E-state index < -0.39 is 0 Å². The zero-order chi connectivity index (χ0) is 23.2. The Morgan fingerprint density at radius 3 is 0.656 bits per heavy atom. The monoisotopic (exact) mass is 449 g/mol. The van der Waals surface area contributed by atoms with Crippen LogP contribution in [0, 0.1) is 0 Å². The first kappa shape index (κ1) is 31.7. The summed E-state index contributed by atoms with van der Waals surface area (Å²) >= 11 is 0. The summed E-state index contributed by atoms with van der Waals surface area (Å²) in [5, 5.41) is 0. The molecule has 0 atom stereocenters. The third-order valence-electron chi connectivity index (χ3n) is 7.12. The van der Waals surface area contributed by atoms with Gasteiger partial charge in [-0.2, -0.15) is 0 Å². The van der Waals surface area contributed by atoms with E-state index in [9.17, 15) is 0 Å². The average Bonchev–Trinajstić information content (AvgIpc) is 2.81. The van der Waals surface area contributed by atoms with E-state index in [1.807, 2.05) is 0 Å². The van der Waals surface area contributed by atoms with Crippen LogP contribution in [0.3, 0.4) is 0 Å². The van der Waals surface area contributed by atoms with Crippen LogP contribution in [-0.2, 0) is 0 Å². The lowest BCUT2D eigenvalue weighted by Gasteiger charge is -2.03.